The van der Waals surface area contributed by atoms with Crippen LogP contribution in [0.5, 0.6) is 0 Å². The molecule has 2 aromatic rings. The number of hydrogen-bond donors (Lipinski definition) is 1. The highest BCUT2D eigenvalue weighted by atomic mass is 35.5. The van der Waals surface area contributed by atoms with Crippen molar-refractivity contribution < 1.29 is 40.4 Å². The number of alkyl halides is 6. The monoisotopic (exact) mass is 535 g/mol. The molecule has 1 aliphatic rings. The second-order valence-corrected chi connectivity index (χ2v) is 8.65. The molecule has 1 fully saturated rings. The first-order chi connectivity index (χ1) is 16.6. The zero-order valence-corrected chi connectivity index (χ0v) is 19.4. The van der Waals surface area contributed by atoms with Crippen LogP contribution >= 0.6 is 11.6 Å². The van der Waals surface area contributed by atoms with E-state index in [-0.39, 0.29) is 29.0 Å². The summed E-state index contributed by atoms with van der Waals surface area (Å²) < 4.78 is 94.3. The molecule has 5 nitrogen and oxygen atoms in total. The van der Waals surface area contributed by atoms with Gasteiger partial charge in [0.25, 0.3) is 5.91 Å². The van der Waals surface area contributed by atoms with Gasteiger partial charge in [-0.2, -0.15) is 31.6 Å². The maximum Gasteiger partial charge on any atom is 0.432 e. The van der Waals surface area contributed by atoms with E-state index in [1.807, 2.05) is 6.07 Å². The van der Waals surface area contributed by atoms with Gasteiger partial charge in [0.05, 0.1) is 22.4 Å². The van der Waals surface area contributed by atoms with E-state index in [1.165, 1.54) is 25.1 Å². The van der Waals surface area contributed by atoms with Crippen molar-refractivity contribution in [3.63, 3.8) is 0 Å². The fourth-order valence-corrected chi connectivity index (χ4v) is 3.49. The highest BCUT2D eigenvalue weighted by Crippen LogP contribution is 2.42. The second kappa shape index (κ2) is 9.61. The third-order valence-corrected chi connectivity index (χ3v) is 5.74. The number of nitriles is 1. The van der Waals surface area contributed by atoms with Crippen LogP contribution in [0.25, 0.3) is 0 Å². The number of oxime groups is 1. The lowest BCUT2D eigenvalue weighted by atomic mass is 10.0. The Morgan fingerprint density at radius 1 is 1.19 bits per heavy atom. The minimum Gasteiger partial charge on any atom is -0.377 e. The molecule has 0 radical (unpaired) electrons. The van der Waals surface area contributed by atoms with E-state index in [4.69, 9.17) is 16.9 Å². The Morgan fingerprint density at radius 3 is 2.33 bits per heavy atom. The summed E-state index contributed by atoms with van der Waals surface area (Å²) >= 11 is 5.40. The van der Waals surface area contributed by atoms with Crippen molar-refractivity contribution >= 4 is 23.2 Å². The lowest BCUT2D eigenvalue weighted by molar-refractivity contribution is -0.225. The van der Waals surface area contributed by atoms with E-state index in [2.05, 4.69) is 15.3 Å². The minimum absolute atomic E-state index is 0.0321. The number of nitrogens with zero attached hydrogens (tertiary/aromatic N) is 2. The lowest BCUT2D eigenvalue weighted by Crippen LogP contribution is -2.35. The maximum atomic E-state index is 14.3. The van der Waals surface area contributed by atoms with E-state index in [0.29, 0.717) is 18.4 Å². The van der Waals surface area contributed by atoms with Gasteiger partial charge in [-0.15, -0.1) is 0 Å². The summed E-state index contributed by atoms with van der Waals surface area (Å²) in [6.07, 6.45) is -12.6. The molecule has 192 valence electrons. The Balaban J connectivity index is 1.89. The fourth-order valence-electron chi connectivity index (χ4n) is 3.26. The Kier molecular flexibility index (Phi) is 7.28. The van der Waals surface area contributed by atoms with Gasteiger partial charge in [-0.05, 0) is 62.1 Å². The molecular formula is C23H17ClF7N3O2. The van der Waals surface area contributed by atoms with Crippen LogP contribution in [0.15, 0.2) is 35.5 Å². The molecule has 0 spiro atoms. The SMILES string of the molecule is C/C(=N\OC(c1cc(C(F)(F)F)cc(Cl)c1F)C(F)(F)F)c1ccc(C(=O)NC2(C#N)CC2)c(C)c1. The summed E-state index contributed by atoms with van der Waals surface area (Å²) in [5.41, 5.74) is -3.23. The van der Waals surface area contributed by atoms with Gasteiger partial charge in [-0.25, -0.2) is 4.39 Å². The van der Waals surface area contributed by atoms with E-state index >= 15 is 0 Å². The van der Waals surface area contributed by atoms with Crippen molar-refractivity contribution in [2.75, 3.05) is 0 Å². The van der Waals surface area contributed by atoms with Gasteiger partial charge in [-0.3, -0.25) is 4.79 Å². The van der Waals surface area contributed by atoms with Crippen molar-refractivity contribution in [3.05, 3.63) is 69.0 Å². The number of carbonyl (C=O) groups excluding carboxylic acids is 1. The predicted molar refractivity (Wildman–Crippen MR) is 115 cm³/mol. The average Bonchev–Trinajstić information content (AvgIpc) is 3.54. The highest BCUT2D eigenvalue weighted by Gasteiger charge is 2.47. The second-order valence-electron chi connectivity index (χ2n) is 8.24. The molecule has 1 aliphatic carbocycles. The summed E-state index contributed by atoms with van der Waals surface area (Å²) in [6.45, 7) is 2.81. The number of rotatable bonds is 6. The Hall–Kier alpha value is -3.33. The van der Waals surface area contributed by atoms with Crippen molar-refractivity contribution in [2.24, 2.45) is 5.16 Å². The van der Waals surface area contributed by atoms with Gasteiger partial charge in [-0.1, -0.05) is 22.8 Å². The fraction of sp³-hybridized carbons (Fsp3) is 0.348. The first-order valence-electron chi connectivity index (χ1n) is 10.3. The molecule has 1 N–H and O–H groups in total. The Labute approximate surface area is 205 Å². The number of hydrogen-bond acceptors (Lipinski definition) is 4. The molecule has 0 aliphatic heterocycles. The number of nitrogens with one attached hydrogen (secondary N) is 1. The third-order valence-electron chi connectivity index (χ3n) is 5.46. The van der Waals surface area contributed by atoms with Crippen molar-refractivity contribution in [2.45, 2.75) is 50.7 Å². The molecule has 0 aromatic heterocycles. The molecule has 1 amide bonds. The molecule has 36 heavy (non-hydrogen) atoms. The van der Waals surface area contributed by atoms with Gasteiger partial charge in [0, 0.05) is 11.1 Å². The van der Waals surface area contributed by atoms with E-state index < -0.39 is 51.9 Å². The standard InChI is InChI=1S/C23H17ClF7N3O2/c1-11-7-13(3-4-15(11)20(35)33-21(10-32)5-6-21)12(2)34-36-19(23(29,30)31)16-8-14(22(26,27)28)9-17(24)18(16)25/h3-4,7-9,19H,5-6H2,1-2H3,(H,33,35)/b34-12+. The number of halogens is 8. The van der Waals surface area contributed by atoms with Crippen LogP contribution in [0, 0.1) is 24.1 Å². The van der Waals surface area contributed by atoms with Gasteiger partial charge in [0.15, 0.2) is 0 Å². The summed E-state index contributed by atoms with van der Waals surface area (Å²) in [5.74, 6) is -2.23. The van der Waals surface area contributed by atoms with Crippen molar-refractivity contribution in [1.29, 1.82) is 5.26 Å². The third kappa shape index (κ3) is 5.90. The Bertz CT molecular complexity index is 1260. The topological polar surface area (TPSA) is 74.5 Å². The number of carbonyl (C=O) groups is 1. The van der Waals surface area contributed by atoms with Gasteiger partial charge >= 0.3 is 12.4 Å². The van der Waals surface area contributed by atoms with Crippen LogP contribution in [-0.4, -0.2) is 23.3 Å². The van der Waals surface area contributed by atoms with Crippen LogP contribution in [0.4, 0.5) is 30.7 Å². The first-order valence-corrected chi connectivity index (χ1v) is 10.6. The molecule has 1 atom stereocenters. The minimum atomic E-state index is -5.34. The first kappa shape index (κ1) is 27.3. The molecule has 0 heterocycles. The quantitative estimate of drug-likeness (QED) is 0.256. The lowest BCUT2D eigenvalue weighted by Gasteiger charge is -2.21. The molecule has 3 rings (SSSR count). The summed E-state index contributed by atoms with van der Waals surface area (Å²) in [7, 11) is 0. The van der Waals surface area contributed by atoms with Crippen LogP contribution in [-0.2, 0) is 11.0 Å². The maximum absolute atomic E-state index is 14.3. The summed E-state index contributed by atoms with van der Waals surface area (Å²) in [6, 6.07) is 6.32. The van der Waals surface area contributed by atoms with Crippen LogP contribution in [0.2, 0.25) is 5.02 Å². The highest BCUT2D eigenvalue weighted by molar-refractivity contribution is 6.30. The molecule has 1 saturated carbocycles. The van der Waals surface area contributed by atoms with Gasteiger partial charge in [0.2, 0.25) is 6.10 Å². The summed E-state index contributed by atoms with van der Waals surface area (Å²) in [4.78, 5) is 16.9. The predicted octanol–water partition coefficient (Wildman–Crippen LogP) is 6.64. The van der Waals surface area contributed by atoms with Crippen LogP contribution in [0.3, 0.4) is 0 Å². The smallest absolute Gasteiger partial charge is 0.377 e. The van der Waals surface area contributed by atoms with Gasteiger partial charge in [0.1, 0.15) is 11.4 Å². The van der Waals surface area contributed by atoms with Gasteiger partial charge < -0.3 is 10.2 Å². The zero-order chi connectivity index (χ0) is 27.1. The summed E-state index contributed by atoms with van der Waals surface area (Å²) in [5, 5.41) is 13.9. The normalized spacial score (nSPS) is 16.2. The molecule has 2 aromatic carbocycles. The Morgan fingerprint density at radius 2 is 1.83 bits per heavy atom. The van der Waals surface area contributed by atoms with Crippen LogP contribution in [0.1, 0.15) is 58.5 Å². The average molecular weight is 536 g/mol. The largest absolute Gasteiger partial charge is 0.432 e. The molecule has 0 saturated heterocycles. The van der Waals surface area contributed by atoms with Crippen molar-refractivity contribution in [1.82, 2.24) is 5.32 Å². The number of aryl methyl sites for hydroxylation is 1. The van der Waals surface area contributed by atoms with Crippen molar-refractivity contribution in [3.8, 4) is 6.07 Å². The number of amides is 1. The zero-order valence-electron chi connectivity index (χ0n) is 18.6. The molecule has 0 bridgehead atoms. The molecule has 1 unspecified atom stereocenters. The van der Waals surface area contributed by atoms with E-state index in [1.54, 1.807) is 6.92 Å². The number of benzene rings is 2. The molecule has 13 heteroatoms. The van der Waals surface area contributed by atoms with Crippen LogP contribution < -0.4 is 5.32 Å². The van der Waals surface area contributed by atoms with E-state index in [0.717, 1.165) is 0 Å². The molecular weight excluding hydrogens is 519 g/mol. The van der Waals surface area contributed by atoms with E-state index in [9.17, 15) is 35.5 Å².